The maximum atomic E-state index is 12.7. The van der Waals surface area contributed by atoms with Crippen LogP contribution in [0.1, 0.15) is 43.7 Å². The van der Waals surface area contributed by atoms with Crippen molar-refractivity contribution in [3.63, 3.8) is 0 Å². The molecule has 0 radical (unpaired) electrons. The minimum atomic E-state index is 0.0558. The van der Waals surface area contributed by atoms with E-state index in [0.717, 1.165) is 50.3 Å². The third kappa shape index (κ3) is 4.01. The van der Waals surface area contributed by atoms with Gasteiger partial charge in [-0.05, 0) is 49.1 Å². The van der Waals surface area contributed by atoms with Crippen LogP contribution in [0.15, 0.2) is 65.3 Å². The number of benzene rings is 2. The predicted octanol–water partition coefficient (Wildman–Crippen LogP) is 4.87. The zero-order valence-electron chi connectivity index (χ0n) is 16.5. The molecular weight excluding hydrogens is 346 g/mol. The molecule has 1 amide bonds. The molecule has 144 valence electrons. The van der Waals surface area contributed by atoms with E-state index in [1.807, 2.05) is 17.0 Å². The van der Waals surface area contributed by atoms with Gasteiger partial charge in [0.15, 0.2) is 0 Å². The molecule has 2 heterocycles. The molecular formula is C24H27N3O. The summed E-state index contributed by atoms with van der Waals surface area (Å²) in [5, 5.41) is 0. The summed E-state index contributed by atoms with van der Waals surface area (Å²) in [5.74, 6) is 1.01. The number of amides is 1. The third-order valence-electron chi connectivity index (χ3n) is 5.47. The lowest BCUT2D eigenvalue weighted by atomic mass is 10.1. The van der Waals surface area contributed by atoms with Gasteiger partial charge < -0.3 is 4.90 Å². The lowest BCUT2D eigenvalue weighted by Crippen LogP contribution is -2.31. The predicted molar refractivity (Wildman–Crippen MR) is 115 cm³/mol. The van der Waals surface area contributed by atoms with Gasteiger partial charge in [0, 0.05) is 31.7 Å². The number of fused-ring (bicyclic) bond motifs is 1. The lowest BCUT2D eigenvalue weighted by Gasteiger charge is -2.23. The number of anilines is 1. The minimum absolute atomic E-state index is 0.0558. The van der Waals surface area contributed by atoms with Crippen molar-refractivity contribution in [2.45, 2.75) is 39.2 Å². The van der Waals surface area contributed by atoms with Crippen molar-refractivity contribution in [2.24, 2.45) is 4.99 Å². The first-order chi connectivity index (χ1) is 13.7. The molecule has 4 heteroatoms. The summed E-state index contributed by atoms with van der Waals surface area (Å²) in [7, 11) is 0. The van der Waals surface area contributed by atoms with Gasteiger partial charge in [0.1, 0.15) is 11.5 Å². The Kier molecular flexibility index (Phi) is 5.56. The normalized spacial score (nSPS) is 18.0. The van der Waals surface area contributed by atoms with Crippen LogP contribution in [-0.4, -0.2) is 29.7 Å². The van der Waals surface area contributed by atoms with E-state index in [-0.39, 0.29) is 5.91 Å². The summed E-state index contributed by atoms with van der Waals surface area (Å²) in [6.07, 6.45) is 6.20. The maximum absolute atomic E-state index is 12.7. The Morgan fingerprint density at radius 2 is 1.82 bits per heavy atom. The topological polar surface area (TPSA) is 35.9 Å². The van der Waals surface area contributed by atoms with Crippen molar-refractivity contribution < 1.29 is 4.79 Å². The summed E-state index contributed by atoms with van der Waals surface area (Å²) >= 11 is 0. The van der Waals surface area contributed by atoms with Crippen LogP contribution in [0, 0.1) is 0 Å². The highest BCUT2D eigenvalue weighted by Crippen LogP contribution is 2.25. The molecule has 2 aromatic rings. The van der Waals surface area contributed by atoms with Crippen LogP contribution in [0.5, 0.6) is 0 Å². The molecule has 0 spiro atoms. The van der Waals surface area contributed by atoms with Crippen LogP contribution in [0.4, 0.5) is 5.69 Å². The Bertz CT molecular complexity index is 884. The van der Waals surface area contributed by atoms with Gasteiger partial charge in [0.25, 0.3) is 5.91 Å². The van der Waals surface area contributed by atoms with Gasteiger partial charge in [-0.25, -0.2) is 4.99 Å². The van der Waals surface area contributed by atoms with Gasteiger partial charge in [-0.3, -0.25) is 9.69 Å². The van der Waals surface area contributed by atoms with Gasteiger partial charge in [-0.2, -0.15) is 0 Å². The number of amidine groups is 1. The molecule has 4 rings (SSSR count). The Morgan fingerprint density at radius 1 is 1.04 bits per heavy atom. The Labute approximate surface area is 167 Å². The molecule has 0 bridgehead atoms. The first-order valence-corrected chi connectivity index (χ1v) is 10.2. The average Bonchev–Trinajstić information content (AvgIpc) is 2.89. The van der Waals surface area contributed by atoms with E-state index in [1.165, 1.54) is 17.7 Å². The molecule has 0 aliphatic carbocycles. The smallest absolute Gasteiger partial charge is 0.277 e. The summed E-state index contributed by atoms with van der Waals surface area (Å²) in [5.41, 5.74) is 4.08. The number of hydrogen-bond donors (Lipinski definition) is 0. The molecule has 0 N–H and O–H groups in total. The van der Waals surface area contributed by atoms with Crippen LogP contribution in [0.25, 0.3) is 6.08 Å². The van der Waals surface area contributed by atoms with Gasteiger partial charge in [-0.15, -0.1) is 0 Å². The highest BCUT2D eigenvalue weighted by Gasteiger charge is 2.30. The molecule has 2 aliphatic rings. The molecule has 0 atom stereocenters. The molecule has 28 heavy (non-hydrogen) atoms. The highest BCUT2D eigenvalue weighted by atomic mass is 16.2. The zero-order chi connectivity index (χ0) is 19.3. The molecule has 2 aromatic carbocycles. The molecule has 1 fully saturated rings. The number of rotatable bonds is 5. The van der Waals surface area contributed by atoms with Crippen molar-refractivity contribution in [1.29, 1.82) is 0 Å². The van der Waals surface area contributed by atoms with Crippen LogP contribution >= 0.6 is 0 Å². The average molecular weight is 374 g/mol. The van der Waals surface area contributed by atoms with E-state index in [0.29, 0.717) is 5.70 Å². The van der Waals surface area contributed by atoms with Crippen molar-refractivity contribution in [3.05, 3.63) is 71.4 Å². The minimum Gasteiger partial charge on any atom is -0.367 e. The quantitative estimate of drug-likeness (QED) is 0.701. The van der Waals surface area contributed by atoms with Gasteiger partial charge in [0.2, 0.25) is 0 Å². The Hall–Kier alpha value is -2.88. The zero-order valence-corrected chi connectivity index (χ0v) is 16.5. The first kappa shape index (κ1) is 18.5. The molecule has 0 unspecified atom stereocenters. The standard InChI is InChI=1S/C24H27N3O/c1-2-26(18-20-9-5-3-6-10-20)21-14-12-19(13-15-21)17-22-24(28)27-16-8-4-7-11-23(27)25-22/h3,5-6,9-10,12-15,17H,2,4,7-8,11,16,18H2,1H3. The second kappa shape index (κ2) is 8.42. The van der Waals surface area contributed by atoms with E-state index in [9.17, 15) is 4.79 Å². The Balaban J connectivity index is 1.50. The summed E-state index contributed by atoms with van der Waals surface area (Å²) < 4.78 is 0. The number of carbonyl (C=O) groups is 1. The number of aliphatic imine (C=N–C) groups is 1. The van der Waals surface area contributed by atoms with Gasteiger partial charge >= 0.3 is 0 Å². The summed E-state index contributed by atoms with van der Waals surface area (Å²) in [6.45, 7) is 4.80. The maximum Gasteiger partial charge on any atom is 0.277 e. The van der Waals surface area contributed by atoms with Crippen molar-refractivity contribution >= 4 is 23.5 Å². The van der Waals surface area contributed by atoms with Crippen LogP contribution in [0.3, 0.4) is 0 Å². The molecule has 4 nitrogen and oxygen atoms in total. The van der Waals surface area contributed by atoms with Gasteiger partial charge in [0.05, 0.1) is 0 Å². The fourth-order valence-corrected chi connectivity index (χ4v) is 3.88. The second-order valence-electron chi connectivity index (χ2n) is 7.42. The van der Waals surface area contributed by atoms with Crippen LogP contribution < -0.4 is 4.90 Å². The molecule has 0 aromatic heterocycles. The number of carbonyl (C=O) groups excluding carboxylic acids is 1. The van der Waals surface area contributed by atoms with Crippen molar-refractivity contribution in [3.8, 4) is 0 Å². The van der Waals surface area contributed by atoms with Gasteiger partial charge in [-0.1, -0.05) is 48.9 Å². The van der Waals surface area contributed by atoms with Crippen molar-refractivity contribution in [1.82, 2.24) is 4.90 Å². The van der Waals surface area contributed by atoms with Crippen LogP contribution in [0.2, 0.25) is 0 Å². The first-order valence-electron chi connectivity index (χ1n) is 10.2. The second-order valence-corrected chi connectivity index (χ2v) is 7.42. The van der Waals surface area contributed by atoms with E-state index in [4.69, 9.17) is 0 Å². The lowest BCUT2D eigenvalue weighted by molar-refractivity contribution is -0.122. The number of hydrogen-bond acceptors (Lipinski definition) is 3. The van der Waals surface area contributed by atoms with E-state index in [1.54, 1.807) is 0 Å². The number of nitrogens with zero attached hydrogens (tertiary/aromatic N) is 3. The molecule has 0 saturated carbocycles. The SMILES string of the molecule is CCN(Cc1ccccc1)c1ccc(C=C2N=C3CCCCCN3C2=O)cc1. The molecule has 2 aliphatic heterocycles. The van der Waals surface area contributed by atoms with E-state index >= 15 is 0 Å². The summed E-state index contributed by atoms with van der Waals surface area (Å²) in [4.78, 5) is 21.5. The monoisotopic (exact) mass is 373 g/mol. The largest absolute Gasteiger partial charge is 0.367 e. The van der Waals surface area contributed by atoms with Crippen molar-refractivity contribution in [2.75, 3.05) is 18.0 Å². The fourth-order valence-electron chi connectivity index (χ4n) is 3.88. The highest BCUT2D eigenvalue weighted by molar-refractivity contribution is 6.14. The van der Waals surface area contributed by atoms with E-state index < -0.39 is 0 Å². The van der Waals surface area contributed by atoms with Crippen LogP contribution in [-0.2, 0) is 11.3 Å². The molecule has 1 saturated heterocycles. The fraction of sp³-hybridized carbons (Fsp3) is 0.333. The Morgan fingerprint density at radius 3 is 2.57 bits per heavy atom. The van der Waals surface area contributed by atoms with E-state index in [2.05, 4.69) is 65.3 Å². The third-order valence-corrected chi connectivity index (χ3v) is 5.47. The summed E-state index contributed by atoms with van der Waals surface area (Å²) in [6, 6.07) is 18.9.